The Morgan fingerprint density at radius 2 is 2.14 bits per heavy atom. The van der Waals surface area contributed by atoms with Gasteiger partial charge in [-0.2, -0.15) is 0 Å². The number of nitrogens with zero attached hydrogens (tertiary/aromatic N) is 1. The number of likely N-dealkylation sites (N-methyl/N-ethyl adjacent to an activating group) is 1. The van der Waals surface area contributed by atoms with Gasteiger partial charge < -0.3 is 15.5 Å². The van der Waals surface area contributed by atoms with Crippen LogP contribution >= 0.6 is 0 Å². The molecule has 0 radical (unpaired) electrons. The highest BCUT2D eigenvalue weighted by Crippen LogP contribution is 2.48. The molecule has 1 aliphatic heterocycles. The average Bonchev–Trinajstić information content (AvgIpc) is 2.96. The quantitative estimate of drug-likeness (QED) is 0.831. The SMILES string of the molecule is CCN(CCNC(=O)C1[C@H]2CNC[C@@H]12)c1cccc(C)c1. The van der Waals surface area contributed by atoms with Gasteiger partial charge >= 0.3 is 0 Å². The summed E-state index contributed by atoms with van der Waals surface area (Å²) in [4.78, 5) is 14.4. The minimum Gasteiger partial charge on any atom is -0.370 e. The van der Waals surface area contributed by atoms with E-state index in [2.05, 4.69) is 53.6 Å². The predicted molar refractivity (Wildman–Crippen MR) is 85.4 cm³/mol. The number of hydrogen-bond donors (Lipinski definition) is 2. The molecule has 2 N–H and O–H groups in total. The average molecular weight is 287 g/mol. The van der Waals surface area contributed by atoms with Crippen LogP contribution in [0.3, 0.4) is 0 Å². The Bertz CT molecular complexity index is 507. The number of piperidine rings is 1. The number of carbonyl (C=O) groups is 1. The number of benzene rings is 1. The third-order valence-corrected chi connectivity index (χ3v) is 4.82. The van der Waals surface area contributed by atoms with Crippen molar-refractivity contribution in [3.05, 3.63) is 29.8 Å². The molecule has 1 amide bonds. The monoisotopic (exact) mass is 287 g/mol. The number of fused-ring (bicyclic) bond motifs is 1. The summed E-state index contributed by atoms with van der Waals surface area (Å²) in [5.74, 6) is 1.74. The fourth-order valence-electron chi connectivity index (χ4n) is 3.53. The van der Waals surface area contributed by atoms with Gasteiger partial charge in [0.1, 0.15) is 0 Å². The van der Waals surface area contributed by atoms with E-state index in [1.165, 1.54) is 11.3 Å². The standard InChI is InChI=1S/C17H25N3O/c1-3-20(13-6-4-5-12(2)9-13)8-7-19-17(21)16-14-10-18-11-15(14)16/h4-6,9,14-16,18H,3,7-8,10-11H2,1-2H3,(H,19,21)/t14-,15+,16?. The van der Waals surface area contributed by atoms with E-state index in [0.717, 1.165) is 32.7 Å². The topological polar surface area (TPSA) is 44.4 Å². The molecule has 1 unspecified atom stereocenters. The normalized spacial score (nSPS) is 26.3. The summed E-state index contributed by atoms with van der Waals surface area (Å²) < 4.78 is 0. The first-order valence-electron chi connectivity index (χ1n) is 8.00. The van der Waals surface area contributed by atoms with Crippen molar-refractivity contribution in [2.75, 3.05) is 37.6 Å². The predicted octanol–water partition coefficient (Wildman–Crippen LogP) is 1.40. The van der Waals surface area contributed by atoms with Crippen molar-refractivity contribution in [1.82, 2.24) is 10.6 Å². The van der Waals surface area contributed by atoms with Crippen molar-refractivity contribution in [3.8, 4) is 0 Å². The van der Waals surface area contributed by atoms with Gasteiger partial charge in [0.15, 0.2) is 0 Å². The zero-order valence-electron chi connectivity index (χ0n) is 12.9. The Balaban J connectivity index is 1.46. The largest absolute Gasteiger partial charge is 0.370 e. The number of anilines is 1. The molecule has 1 saturated carbocycles. The van der Waals surface area contributed by atoms with Gasteiger partial charge in [-0.1, -0.05) is 12.1 Å². The van der Waals surface area contributed by atoms with E-state index in [-0.39, 0.29) is 11.8 Å². The van der Waals surface area contributed by atoms with Crippen molar-refractivity contribution in [1.29, 1.82) is 0 Å². The lowest BCUT2D eigenvalue weighted by atomic mass is 10.2. The number of hydrogen-bond acceptors (Lipinski definition) is 3. The molecule has 1 aliphatic carbocycles. The third-order valence-electron chi connectivity index (χ3n) is 4.82. The summed E-state index contributed by atoms with van der Waals surface area (Å²) in [5.41, 5.74) is 2.51. The lowest BCUT2D eigenvalue weighted by Gasteiger charge is -2.23. The van der Waals surface area contributed by atoms with Gasteiger partial charge in [-0.05, 0) is 56.5 Å². The molecule has 4 nitrogen and oxygen atoms in total. The molecule has 0 spiro atoms. The first kappa shape index (κ1) is 14.4. The van der Waals surface area contributed by atoms with E-state index in [4.69, 9.17) is 0 Å². The molecule has 4 heteroatoms. The molecular formula is C17H25N3O. The molecule has 1 heterocycles. The van der Waals surface area contributed by atoms with Crippen molar-refractivity contribution in [2.45, 2.75) is 13.8 Å². The van der Waals surface area contributed by atoms with Crippen LogP contribution < -0.4 is 15.5 Å². The smallest absolute Gasteiger partial charge is 0.223 e. The van der Waals surface area contributed by atoms with E-state index in [0.29, 0.717) is 11.8 Å². The van der Waals surface area contributed by atoms with Crippen LogP contribution in [0.15, 0.2) is 24.3 Å². The van der Waals surface area contributed by atoms with Gasteiger partial charge in [0.05, 0.1) is 0 Å². The Morgan fingerprint density at radius 1 is 1.38 bits per heavy atom. The minimum absolute atomic E-state index is 0.256. The molecule has 0 bridgehead atoms. The van der Waals surface area contributed by atoms with E-state index in [9.17, 15) is 4.79 Å². The molecule has 3 rings (SSSR count). The molecule has 2 fully saturated rings. The van der Waals surface area contributed by atoms with Crippen molar-refractivity contribution < 1.29 is 4.79 Å². The Labute approximate surface area is 126 Å². The maximum Gasteiger partial charge on any atom is 0.223 e. The summed E-state index contributed by atoms with van der Waals surface area (Å²) in [5, 5.41) is 6.44. The van der Waals surface area contributed by atoms with Crippen LogP contribution in [0.25, 0.3) is 0 Å². The molecule has 114 valence electrons. The van der Waals surface area contributed by atoms with Crippen LogP contribution in [-0.4, -0.2) is 38.6 Å². The summed E-state index contributed by atoms with van der Waals surface area (Å²) >= 11 is 0. The molecule has 21 heavy (non-hydrogen) atoms. The van der Waals surface area contributed by atoms with Gasteiger partial charge in [0, 0.05) is 31.2 Å². The highest BCUT2D eigenvalue weighted by atomic mass is 16.2. The lowest BCUT2D eigenvalue weighted by Crippen LogP contribution is -2.37. The highest BCUT2D eigenvalue weighted by Gasteiger charge is 2.56. The number of amides is 1. The third kappa shape index (κ3) is 3.05. The maximum absolute atomic E-state index is 12.1. The van der Waals surface area contributed by atoms with Crippen LogP contribution in [0, 0.1) is 24.7 Å². The van der Waals surface area contributed by atoms with Gasteiger partial charge in [0.25, 0.3) is 0 Å². The van der Waals surface area contributed by atoms with Gasteiger partial charge in [-0.3, -0.25) is 4.79 Å². The summed E-state index contributed by atoms with van der Waals surface area (Å²) in [6, 6.07) is 8.53. The summed E-state index contributed by atoms with van der Waals surface area (Å²) in [6.45, 7) is 8.86. The Kier molecular flexibility index (Phi) is 4.15. The van der Waals surface area contributed by atoms with Crippen molar-refractivity contribution >= 4 is 11.6 Å². The van der Waals surface area contributed by atoms with Gasteiger partial charge in [-0.15, -0.1) is 0 Å². The second kappa shape index (κ2) is 6.06. The van der Waals surface area contributed by atoms with Gasteiger partial charge in [-0.25, -0.2) is 0 Å². The zero-order valence-corrected chi connectivity index (χ0v) is 12.9. The molecule has 1 saturated heterocycles. The molecule has 0 aromatic heterocycles. The summed E-state index contributed by atoms with van der Waals surface area (Å²) in [6.07, 6.45) is 0. The second-order valence-corrected chi connectivity index (χ2v) is 6.22. The fraction of sp³-hybridized carbons (Fsp3) is 0.588. The van der Waals surface area contributed by atoms with E-state index >= 15 is 0 Å². The highest BCUT2D eigenvalue weighted by molar-refractivity contribution is 5.82. The number of carbonyl (C=O) groups excluding carboxylic acids is 1. The number of nitrogens with one attached hydrogen (secondary N) is 2. The molecule has 1 aromatic carbocycles. The van der Waals surface area contributed by atoms with Crippen LogP contribution in [0.2, 0.25) is 0 Å². The molecule has 3 atom stereocenters. The van der Waals surface area contributed by atoms with Crippen molar-refractivity contribution in [2.24, 2.45) is 17.8 Å². The van der Waals surface area contributed by atoms with E-state index < -0.39 is 0 Å². The van der Waals surface area contributed by atoms with Gasteiger partial charge in [0.2, 0.25) is 5.91 Å². The van der Waals surface area contributed by atoms with Crippen LogP contribution in [0.4, 0.5) is 5.69 Å². The lowest BCUT2D eigenvalue weighted by molar-refractivity contribution is -0.122. The first-order valence-corrected chi connectivity index (χ1v) is 8.00. The van der Waals surface area contributed by atoms with Crippen LogP contribution in [-0.2, 0) is 4.79 Å². The number of rotatable bonds is 6. The van der Waals surface area contributed by atoms with Crippen LogP contribution in [0.5, 0.6) is 0 Å². The fourth-order valence-corrected chi connectivity index (χ4v) is 3.53. The summed E-state index contributed by atoms with van der Waals surface area (Å²) in [7, 11) is 0. The first-order chi connectivity index (χ1) is 10.2. The number of aryl methyl sites for hydroxylation is 1. The van der Waals surface area contributed by atoms with Crippen LogP contribution in [0.1, 0.15) is 12.5 Å². The Hall–Kier alpha value is -1.55. The maximum atomic E-state index is 12.1. The van der Waals surface area contributed by atoms with E-state index in [1.54, 1.807) is 0 Å². The van der Waals surface area contributed by atoms with E-state index in [1.807, 2.05) is 0 Å². The zero-order chi connectivity index (χ0) is 14.8. The molecule has 2 aliphatic rings. The molecular weight excluding hydrogens is 262 g/mol. The molecule has 1 aromatic rings. The second-order valence-electron chi connectivity index (χ2n) is 6.22. The van der Waals surface area contributed by atoms with Crippen molar-refractivity contribution in [3.63, 3.8) is 0 Å². The minimum atomic E-state index is 0.256. The Morgan fingerprint density at radius 3 is 2.81 bits per heavy atom.